The Morgan fingerprint density at radius 3 is 2.42 bits per heavy atom. The number of amides is 1. The molecular formula is C18H27NO4S. The summed E-state index contributed by atoms with van der Waals surface area (Å²) in [4.78, 5) is 24.1. The van der Waals surface area contributed by atoms with Crippen LogP contribution >= 0.6 is 11.8 Å². The summed E-state index contributed by atoms with van der Waals surface area (Å²) in [5.74, 6) is 0.00685. The zero-order valence-electron chi connectivity index (χ0n) is 14.5. The Morgan fingerprint density at radius 2 is 1.75 bits per heavy atom. The number of carbonyl (C=O) groups is 2. The summed E-state index contributed by atoms with van der Waals surface area (Å²) in [6.45, 7) is 4.81. The third-order valence-electron chi connectivity index (χ3n) is 3.20. The number of hydrogen-bond acceptors (Lipinski definition) is 5. The van der Waals surface area contributed by atoms with E-state index in [0.717, 1.165) is 43.0 Å². The molecule has 0 aliphatic rings. The van der Waals surface area contributed by atoms with E-state index >= 15 is 0 Å². The fourth-order valence-electron chi connectivity index (χ4n) is 1.78. The van der Waals surface area contributed by atoms with E-state index in [-0.39, 0.29) is 5.24 Å². The van der Waals surface area contributed by atoms with E-state index in [4.69, 9.17) is 9.47 Å². The Hall–Kier alpha value is -1.53. The van der Waals surface area contributed by atoms with Gasteiger partial charge in [-0.05, 0) is 18.4 Å². The van der Waals surface area contributed by atoms with Gasteiger partial charge in [-0.25, -0.2) is 4.79 Å². The molecule has 1 aromatic rings. The molecule has 1 N–H and O–H groups in total. The van der Waals surface area contributed by atoms with Crippen LogP contribution in [0.2, 0.25) is 0 Å². The lowest BCUT2D eigenvalue weighted by molar-refractivity contribution is -0.158. The molecular weight excluding hydrogens is 326 g/mol. The number of thioether (sulfide) groups is 1. The Bertz CT molecular complexity index is 481. The Morgan fingerprint density at radius 1 is 1.08 bits per heavy atom. The van der Waals surface area contributed by atoms with E-state index in [1.807, 2.05) is 44.2 Å². The number of benzene rings is 1. The number of carbonyl (C=O) groups excluding carboxylic acids is 2. The summed E-state index contributed by atoms with van der Waals surface area (Å²) in [5, 5.41) is 2.30. The first kappa shape index (κ1) is 20.5. The SMILES string of the molecule is CCCCOC(=O)C(NC(=O)SCc1ccccc1)OCCCC. The van der Waals surface area contributed by atoms with Crippen LogP contribution in [0.1, 0.15) is 45.1 Å². The van der Waals surface area contributed by atoms with Gasteiger partial charge in [0.15, 0.2) is 0 Å². The van der Waals surface area contributed by atoms with E-state index in [1.165, 1.54) is 0 Å². The Balaban J connectivity index is 2.45. The van der Waals surface area contributed by atoms with Crippen molar-refractivity contribution in [3.63, 3.8) is 0 Å². The standard InChI is InChI=1S/C18H27NO4S/c1-3-5-12-22-16(17(20)23-13-6-4-2)19-18(21)24-14-15-10-8-7-9-11-15/h7-11,16H,3-6,12-14H2,1-2H3,(H,19,21). The van der Waals surface area contributed by atoms with Crippen LogP contribution < -0.4 is 5.32 Å². The molecule has 1 rings (SSSR count). The van der Waals surface area contributed by atoms with Gasteiger partial charge < -0.3 is 14.8 Å². The highest BCUT2D eigenvalue weighted by Crippen LogP contribution is 2.13. The fourth-order valence-corrected chi connectivity index (χ4v) is 2.46. The number of nitrogens with one attached hydrogen (secondary N) is 1. The van der Waals surface area contributed by atoms with E-state index < -0.39 is 12.2 Å². The molecule has 24 heavy (non-hydrogen) atoms. The second kappa shape index (κ2) is 12.8. The molecule has 1 atom stereocenters. The van der Waals surface area contributed by atoms with Crippen LogP contribution in [0.15, 0.2) is 30.3 Å². The molecule has 0 aliphatic carbocycles. The van der Waals surface area contributed by atoms with Crippen molar-refractivity contribution < 1.29 is 19.1 Å². The first-order valence-electron chi connectivity index (χ1n) is 8.42. The minimum absolute atomic E-state index is 0.298. The Labute approximate surface area is 148 Å². The third-order valence-corrected chi connectivity index (χ3v) is 4.06. The highest BCUT2D eigenvalue weighted by atomic mass is 32.2. The molecule has 0 saturated heterocycles. The maximum absolute atomic E-state index is 12.1. The maximum Gasteiger partial charge on any atom is 0.356 e. The van der Waals surface area contributed by atoms with Gasteiger partial charge in [-0.15, -0.1) is 0 Å². The molecule has 0 aliphatic heterocycles. The molecule has 0 spiro atoms. The van der Waals surface area contributed by atoms with Gasteiger partial charge in [0.2, 0.25) is 6.23 Å². The van der Waals surface area contributed by atoms with E-state index in [1.54, 1.807) is 0 Å². The van der Waals surface area contributed by atoms with Crippen LogP contribution in [-0.2, 0) is 20.0 Å². The maximum atomic E-state index is 12.1. The molecule has 134 valence electrons. The topological polar surface area (TPSA) is 64.6 Å². The number of hydrogen-bond donors (Lipinski definition) is 1. The van der Waals surface area contributed by atoms with Crippen molar-refractivity contribution in [1.29, 1.82) is 0 Å². The summed E-state index contributed by atoms with van der Waals surface area (Å²) in [7, 11) is 0. The van der Waals surface area contributed by atoms with Gasteiger partial charge in [0.25, 0.3) is 5.24 Å². The van der Waals surface area contributed by atoms with Gasteiger partial charge in [-0.2, -0.15) is 0 Å². The fraction of sp³-hybridized carbons (Fsp3) is 0.556. The number of ether oxygens (including phenoxy) is 2. The molecule has 6 heteroatoms. The summed E-state index contributed by atoms with van der Waals surface area (Å²) >= 11 is 1.11. The molecule has 1 unspecified atom stereocenters. The van der Waals surface area contributed by atoms with E-state index in [0.29, 0.717) is 19.0 Å². The highest BCUT2D eigenvalue weighted by Gasteiger charge is 2.23. The molecule has 1 amide bonds. The van der Waals surface area contributed by atoms with Crippen molar-refractivity contribution >= 4 is 23.0 Å². The molecule has 0 heterocycles. The van der Waals surface area contributed by atoms with Crippen LogP contribution in [0.5, 0.6) is 0 Å². The van der Waals surface area contributed by atoms with Gasteiger partial charge in [-0.3, -0.25) is 4.79 Å². The predicted molar refractivity (Wildman–Crippen MR) is 96.8 cm³/mol. The average molecular weight is 353 g/mol. The summed E-state index contributed by atoms with van der Waals surface area (Å²) < 4.78 is 10.6. The lowest BCUT2D eigenvalue weighted by atomic mass is 10.2. The van der Waals surface area contributed by atoms with E-state index in [2.05, 4.69) is 5.32 Å². The molecule has 5 nitrogen and oxygen atoms in total. The first-order valence-corrected chi connectivity index (χ1v) is 9.41. The van der Waals surface area contributed by atoms with Crippen molar-refractivity contribution in [3.8, 4) is 0 Å². The van der Waals surface area contributed by atoms with E-state index in [9.17, 15) is 9.59 Å². The van der Waals surface area contributed by atoms with Crippen LogP contribution in [0.25, 0.3) is 0 Å². The highest BCUT2D eigenvalue weighted by molar-refractivity contribution is 8.12. The van der Waals surface area contributed by atoms with Gasteiger partial charge in [0, 0.05) is 12.4 Å². The zero-order chi connectivity index (χ0) is 17.6. The summed E-state index contributed by atoms with van der Waals surface area (Å²) in [6, 6.07) is 9.69. The largest absolute Gasteiger partial charge is 0.462 e. The molecule has 0 saturated carbocycles. The number of esters is 1. The molecule has 0 bridgehead atoms. The minimum atomic E-state index is -1.04. The number of unbranched alkanes of at least 4 members (excludes halogenated alkanes) is 2. The normalized spacial score (nSPS) is 11.8. The van der Waals surface area contributed by atoms with Crippen molar-refractivity contribution in [2.45, 2.75) is 51.5 Å². The summed E-state index contributed by atoms with van der Waals surface area (Å²) in [5.41, 5.74) is 1.05. The smallest absolute Gasteiger partial charge is 0.356 e. The van der Waals surface area contributed by atoms with Gasteiger partial charge >= 0.3 is 5.97 Å². The van der Waals surface area contributed by atoms with Crippen molar-refractivity contribution in [3.05, 3.63) is 35.9 Å². The van der Waals surface area contributed by atoms with Crippen LogP contribution in [-0.4, -0.2) is 30.7 Å². The first-order chi connectivity index (χ1) is 11.7. The van der Waals surface area contributed by atoms with Crippen molar-refractivity contribution in [2.24, 2.45) is 0 Å². The minimum Gasteiger partial charge on any atom is -0.462 e. The molecule has 0 fully saturated rings. The van der Waals surface area contributed by atoms with Gasteiger partial charge in [-0.1, -0.05) is 68.8 Å². The molecule has 1 aromatic carbocycles. The van der Waals surface area contributed by atoms with Crippen molar-refractivity contribution in [2.75, 3.05) is 13.2 Å². The average Bonchev–Trinajstić information content (AvgIpc) is 2.60. The molecule has 0 aromatic heterocycles. The monoisotopic (exact) mass is 353 g/mol. The second-order valence-electron chi connectivity index (χ2n) is 5.33. The van der Waals surface area contributed by atoms with Gasteiger partial charge in [0.05, 0.1) is 6.61 Å². The third kappa shape index (κ3) is 8.93. The van der Waals surface area contributed by atoms with Crippen molar-refractivity contribution in [1.82, 2.24) is 5.32 Å². The predicted octanol–water partition coefficient (Wildman–Crippen LogP) is 4.12. The molecule has 0 radical (unpaired) electrons. The summed E-state index contributed by atoms with van der Waals surface area (Å²) in [6.07, 6.45) is 2.47. The van der Waals surface area contributed by atoms with Crippen LogP contribution in [0.3, 0.4) is 0 Å². The van der Waals surface area contributed by atoms with Crippen LogP contribution in [0.4, 0.5) is 4.79 Å². The second-order valence-corrected chi connectivity index (χ2v) is 6.28. The lowest BCUT2D eigenvalue weighted by Crippen LogP contribution is -2.42. The van der Waals surface area contributed by atoms with Crippen LogP contribution in [0, 0.1) is 0 Å². The van der Waals surface area contributed by atoms with Gasteiger partial charge in [0.1, 0.15) is 0 Å². The Kier molecular flexibility index (Phi) is 11.0. The number of rotatable bonds is 11. The quantitative estimate of drug-likeness (QED) is 0.368. The lowest BCUT2D eigenvalue weighted by Gasteiger charge is -2.18. The zero-order valence-corrected chi connectivity index (χ0v) is 15.3.